The van der Waals surface area contributed by atoms with Crippen LogP contribution in [0.1, 0.15) is 19.8 Å². The minimum Gasteiger partial charge on any atom is -0.486 e. The number of rotatable bonds is 5. The minimum absolute atomic E-state index is 0.213. The van der Waals surface area contributed by atoms with Crippen LogP contribution in [-0.4, -0.2) is 30.1 Å². The van der Waals surface area contributed by atoms with E-state index >= 15 is 0 Å². The Morgan fingerprint density at radius 2 is 2.05 bits per heavy atom. The van der Waals surface area contributed by atoms with Gasteiger partial charge in [-0.15, -0.1) is 11.6 Å². The molecule has 0 bridgehead atoms. The third-order valence-corrected chi connectivity index (χ3v) is 3.72. The predicted molar refractivity (Wildman–Crippen MR) is 85.8 cm³/mol. The van der Waals surface area contributed by atoms with Gasteiger partial charge in [-0.2, -0.15) is 0 Å². The molecule has 0 saturated carbocycles. The van der Waals surface area contributed by atoms with Crippen LogP contribution in [0.15, 0.2) is 24.4 Å². The fourth-order valence-electron chi connectivity index (χ4n) is 2.44. The van der Waals surface area contributed by atoms with Crippen LogP contribution in [0, 0.1) is 0 Å². The minimum atomic E-state index is 0.213. The van der Waals surface area contributed by atoms with Crippen molar-refractivity contribution in [3.63, 3.8) is 0 Å². The fourth-order valence-corrected chi connectivity index (χ4v) is 2.59. The molecule has 1 unspecified atom stereocenters. The third kappa shape index (κ3) is 3.32. The molecule has 0 amide bonds. The molecule has 3 rings (SSSR count). The summed E-state index contributed by atoms with van der Waals surface area (Å²) in [6, 6.07) is 6.00. The van der Waals surface area contributed by atoms with Gasteiger partial charge in [0.25, 0.3) is 0 Å². The van der Waals surface area contributed by atoms with E-state index in [-0.39, 0.29) is 5.38 Å². The van der Waals surface area contributed by atoms with E-state index in [1.54, 1.807) is 0 Å². The summed E-state index contributed by atoms with van der Waals surface area (Å²) in [5.41, 5.74) is 0. The average Bonchev–Trinajstić information content (AvgIpc) is 2.49. The lowest BCUT2D eigenvalue weighted by molar-refractivity contribution is 0.172. The second-order valence-electron chi connectivity index (χ2n) is 5.23. The number of ether oxygens (including phenoxy) is 2. The maximum absolute atomic E-state index is 5.96. The number of hydrogen-bond donors (Lipinski definition) is 1. The van der Waals surface area contributed by atoms with Gasteiger partial charge < -0.3 is 14.8 Å². The molecule has 2 heterocycles. The van der Waals surface area contributed by atoms with E-state index in [9.17, 15) is 0 Å². The van der Waals surface area contributed by atoms with Gasteiger partial charge in [0.15, 0.2) is 11.5 Å². The fraction of sp³-hybridized carbons (Fsp3) is 0.438. The molecule has 5 heteroatoms. The molecule has 4 nitrogen and oxygen atoms in total. The van der Waals surface area contributed by atoms with Gasteiger partial charge in [0, 0.05) is 23.5 Å². The maximum atomic E-state index is 5.96. The lowest BCUT2D eigenvalue weighted by Crippen LogP contribution is -2.15. The van der Waals surface area contributed by atoms with Crippen molar-refractivity contribution in [3.05, 3.63) is 24.4 Å². The van der Waals surface area contributed by atoms with Crippen molar-refractivity contribution in [2.24, 2.45) is 0 Å². The van der Waals surface area contributed by atoms with Crippen LogP contribution in [0.25, 0.3) is 10.8 Å². The number of hydrogen-bond acceptors (Lipinski definition) is 4. The first-order chi connectivity index (χ1) is 10.2. The molecule has 1 atom stereocenters. The summed E-state index contributed by atoms with van der Waals surface area (Å²) in [5.74, 6) is 2.48. The molecular formula is C16H19ClN2O2. The Bertz CT molecular complexity index is 631. The van der Waals surface area contributed by atoms with Crippen LogP contribution in [0.3, 0.4) is 0 Å². The highest BCUT2D eigenvalue weighted by Crippen LogP contribution is 2.36. The lowest BCUT2D eigenvalue weighted by Gasteiger charge is -2.19. The third-order valence-electron chi connectivity index (χ3n) is 3.50. The summed E-state index contributed by atoms with van der Waals surface area (Å²) in [6.07, 6.45) is 3.82. The zero-order valence-corrected chi connectivity index (χ0v) is 12.8. The summed E-state index contributed by atoms with van der Waals surface area (Å²) in [6.45, 7) is 4.07. The molecule has 1 N–H and O–H groups in total. The van der Waals surface area contributed by atoms with E-state index in [0.717, 1.165) is 47.5 Å². The molecule has 0 aliphatic carbocycles. The van der Waals surface area contributed by atoms with Crippen molar-refractivity contribution >= 4 is 28.2 Å². The van der Waals surface area contributed by atoms with E-state index in [1.165, 1.54) is 0 Å². The Kier molecular flexibility index (Phi) is 4.34. The van der Waals surface area contributed by atoms with Gasteiger partial charge in [0.1, 0.15) is 19.0 Å². The van der Waals surface area contributed by atoms with Crippen molar-refractivity contribution in [1.82, 2.24) is 4.98 Å². The van der Waals surface area contributed by atoms with Crippen molar-refractivity contribution in [1.29, 1.82) is 0 Å². The number of benzene rings is 1. The zero-order chi connectivity index (χ0) is 14.7. The van der Waals surface area contributed by atoms with Gasteiger partial charge in [-0.1, -0.05) is 0 Å². The molecule has 0 fully saturated rings. The van der Waals surface area contributed by atoms with Crippen molar-refractivity contribution < 1.29 is 9.47 Å². The zero-order valence-electron chi connectivity index (χ0n) is 12.1. The number of aromatic nitrogens is 1. The summed E-state index contributed by atoms with van der Waals surface area (Å²) in [4.78, 5) is 4.43. The normalized spacial score (nSPS) is 15.0. The number of nitrogens with one attached hydrogen (secondary N) is 1. The van der Waals surface area contributed by atoms with Gasteiger partial charge in [0.05, 0.1) is 0 Å². The Labute approximate surface area is 129 Å². The topological polar surface area (TPSA) is 43.4 Å². The molecule has 0 saturated heterocycles. The molecule has 2 aromatic rings. The van der Waals surface area contributed by atoms with Crippen LogP contribution in [0.4, 0.5) is 5.82 Å². The van der Waals surface area contributed by atoms with E-state index in [1.807, 2.05) is 31.3 Å². The first-order valence-electron chi connectivity index (χ1n) is 7.30. The van der Waals surface area contributed by atoms with E-state index in [0.29, 0.717) is 13.2 Å². The standard InChI is InChI=1S/C16H19ClN2O2/c1-11(17)3-2-5-18-16-13-10-15-14(20-7-8-21-15)9-12(13)4-6-19-16/h4,6,9-11H,2-3,5,7-8H2,1H3,(H,18,19). The number of nitrogens with zero attached hydrogens (tertiary/aromatic N) is 1. The SMILES string of the molecule is CC(Cl)CCCNc1nccc2cc3c(cc12)OCCO3. The monoisotopic (exact) mass is 306 g/mol. The maximum Gasteiger partial charge on any atom is 0.162 e. The van der Waals surface area contributed by atoms with E-state index < -0.39 is 0 Å². The van der Waals surface area contributed by atoms with Crippen LogP contribution in [-0.2, 0) is 0 Å². The molecule has 1 aromatic carbocycles. The largest absolute Gasteiger partial charge is 0.486 e. The van der Waals surface area contributed by atoms with Gasteiger partial charge in [0.2, 0.25) is 0 Å². The first-order valence-corrected chi connectivity index (χ1v) is 7.74. The Morgan fingerprint density at radius 1 is 1.29 bits per heavy atom. The van der Waals surface area contributed by atoms with Gasteiger partial charge in [-0.25, -0.2) is 4.98 Å². The van der Waals surface area contributed by atoms with Crippen LogP contribution in [0.2, 0.25) is 0 Å². The molecule has 112 valence electrons. The molecule has 0 radical (unpaired) electrons. The highest BCUT2D eigenvalue weighted by molar-refractivity contribution is 6.20. The predicted octanol–water partition coefficient (Wildman–Crippen LogP) is 3.83. The van der Waals surface area contributed by atoms with Gasteiger partial charge >= 0.3 is 0 Å². The van der Waals surface area contributed by atoms with Crippen LogP contribution < -0.4 is 14.8 Å². The average molecular weight is 307 g/mol. The summed E-state index contributed by atoms with van der Waals surface area (Å²) >= 11 is 5.96. The molecule has 21 heavy (non-hydrogen) atoms. The number of halogens is 1. The number of pyridine rings is 1. The second kappa shape index (κ2) is 6.39. The van der Waals surface area contributed by atoms with Crippen molar-refractivity contribution in [2.45, 2.75) is 25.1 Å². The molecule has 1 aliphatic rings. The Hall–Kier alpha value is -1.68. The highest BCUT2D eigenvalue weighted by atomic mass is 35.5. The van der Waals surface area contributed by atoms with Crippen molar-refractivity contribution in [2.75, 3.05) is 25.1 Å². The molecule has 1 aromatic heterocycles. The second-order valence-corrected chi connectivity index (χ2v) is 5.97. The number of anilines is 1. The molecule has 1 aliphatic heterocycles. The number of alkyl halides is 1. The van der Waals surface area contributed by atoms with E-state index in [4.69, 9.17) is 21.1 Å². The summed E-state index contributed by atoms with van der Waals surface area (Å²) in [7, 11) is 0. The molecular weight excluding hydrogens is 288 g/mol. The van der Waals surface area contributed by atoms with Gasteiger partial charge in [-0.3, -0.25) is 0 Å². The Balaban J connectivity index is 1.81. The highest BCUT2D eigenvalue weighted by Gasteiger charge is 2.14. The quantitative estimate of drug-likeness (QED) is 0.673. The molecule has 0 spiro atoms. The first kappa shape index (κ1) is 14.3. The van der Waals surface area contributed by atoms with Gasteiger partial charge in [-0.05, 0) is 43.4 Å². The summed E-state index contributed by atoms with van der Waals surface area (Å²) < 4.78 is 11.3. The van der Waals surface area contributed by atoms with Crippen LogP contribution >= 0.6 is 11.6 Å². The lowest BCUT2D eigenvalue weighted by atomic mass is 10.1. The smallest absolute Gasteiger partial charge is 0.162 e. The Morgan fingerprint density at radius 3 is 2.81 bits per heavy atom. The van der Waals surface area contributed by atoms with E-state index in [2.05, 4.69) is 10.3 Å². The summed E-state index contributed by atoms with van der Waals surface area (Å²) in [5, 5.41) is 5.75. The van der Waals surface area contributed by atoms with Crippen molar-refractivity contribution in [3.8, 4) is 11.5 Å². The number of fused-ring (bicyclic) bond motifs is 2. The van der Waals surface area contributed by atoms with Crippen LogP contribution in [0.5, 0.6) is 11.5 Å².